The number of quaternary nitrogens is 1. The van der Waals surface area contributed by atoms with Crippen LogP contribution in [0.1, 0.15) is 226 Å². The third-order valence-corrected chi connectivity index (χ3v) is 12.3. The van der Waals surface area contributed by atoms with E-state index in [1.54, 1.807) is 0 Å². The second-order valence-electron chi connectivity index (χ2n) is 20.5. The van der Waals surface area contributed by atoms with Crippen LogP contribution in [0.15, 0.2) is 109 Å². The molecule has 0 aliphatic rings. The maximum Gasteiger partial charge on any atom is 0.306 e. The van der Waals surface area contributed by atoms with Crippen LogP contribution in [0.5, 0.6) is 0 Å². The van der Waals surface area contributed by atoms with E-state index < -0.39 is 24.3 Å². The van der Waals surface area contributed by atoms with Crippen LogP contribution in [0.25, 0.3) is 0 Å². The summed E-state index contributed by atoms with van der Waals surface area (Å²) < 4.78 is 22.7. The molecule has 0 N–H and O–H groups in total. The second kappa shape index (κ2) is 55.2. The normalized spacial score (nSPS) is 13.6. The first-order chi connectivity index (χ1) is 36.1. The van der Waals surface area contributed by atoms with Gasteiger partial charge in [0.05, 0.1) is 40.3 Å². The van der Waals surface area contributed by atoms with Crippen LogP contribution in [-0.4, -0.2) is 82.3 Å². The lowest BCUT2D eigenvalue weighted by molar-refractivity contribution is -0.870. The number of unbranched alkanes of at least 4 members (excludes halogenated alkanes) is 20. The van der Waals surface area contributed by atoms with Crippen LogP contribution in [-0.2, 0) is 33.3 Å². The number of hydrogen-bond acceptors (Lipinski definition) is 8. The number of ether oxygens (including phenoxy) is 4. The monoisotopic (exact) mass is 1030 g/mol. The van der Waals surface area contributed by atoms with E-state index in [1.165, 1.54) is 77.0 Å². The lowest BCUT2D eigenvalue weighted by atomic mass is 10.0. The topological polar surface area (TPSA) is 111 Å². The van der Waals surface area contributed by atoms with Gasteiger partial charge in [0.25, 0.3) is 0 Å². The molecule has 0 aliphatic carbocycles. The highest BCUT2D eigenvalue weighted by atomic mass is 16.7. The van der Waals surface area contributed by atoms with Gasteiger partial charge in [0.2, 0.25) is 0 Å². The van der Waals surface area contributed by atoms with Crippen molar-refractivity contribution in [1.29, 1.82) is 0 Å². The minimum absolute atomic E-state index is 0.141. The molecule has 0 heterocycles. The van der Waals surface area contributed by atoms with Crippen molar-refractivity contribution in [3.8, 4) is 0 Å². The zero-order valence-electron chi connectivity index (χ0n) is 47.9. The van der Waals surface area contributed by atoms with Gasteiger partial charge >= 0.3 is 11.9 Å². The maximum absolute atomic E-state index is 12.9. The Kier molecular flexibility index (Phi) is 52.2. The minimum atomic E-state index is -1.63. The molecule has 422 valence electrons. The Balaban J connectivity index is 4.19. The predicted octanol–water partition coefficient (Wildman–Crippen LogP) is 16.2. The summed E-state index contributed by atoms with van der Waals surface area (Å²) in [5.74, 6) is -2.31. The lowest BCUT2D eigenvalue weighted by Gasteiger charge is -2.26. The van der Waals surface area contributed by atoms with Crippen LogP contribution in [0, 0.1) is 0 Å². The number of aliphatic carboxylic acids is 1. The first kappa shape index (κ1) is 70.0. The van der Waals surface area contributed by atoms with Gasteiger partial charge in [0.1, 0.15) is 13.2 Å². The Morgan fingerprint density at radius 1 is 0.419 bits per heavy atom. The highest BCUT2D eigenvalue weighted by Gasteiger charge is 2.22. The number of esters is 2. The summed E-state index contributed by atoms with van der Waals surface area (Å²) in [4.78, 5) is 37.2. The average molecular weight is 1030 g/mol. The van der Waals surface area contributed by atoms with Gasteiger partial charge in [-0.25, -0.2) is 0 Å². The van der Waals surface area contributed by atoms with Gasteiger partial charge in [-0.3, -0.25) is 9.59 Å². The van der Waals surface area contributed by atoms with E-state index in [1.807, 2.05) is 21.1 Å². The molecule has 2 atom stereocenters. The Bertz CT molecular complexity index is 1580. The van der Waals surface area contributed by atoms with Crippen LogP contribution >= 0.6 is 0 Å². The smallest absolute Gasteiger partial charge is 0.306 e. The van der Waals surface area contributed by atoms with Crippen molar-refractivity contribution in [2.75, 3.05) is 47.5 Å². The molecule has 9 nitrogen and oxygen atoms in total. The van der Waals surface area contributed by atoms with Crippen molar-refractivity contribution in [2.24, 2.45) is 0 Å². The molecule has 74 heavy (non-hydrogen) atoms. The number of nitrogens with zero attached hydrogens (tertiary/aromatic N) is 1. The molecule has 0 saturated heterocycles. The molecular formula is C65H109NO8. The van der Waals surface area contributed by atoms with Crippen LogP contribution in [0.2, 0.25) is 0 Å². The van der Waals surface area contributed by atoms with Crippen molar-refractivity contribution in [1.82, 2.24) is 0 Å². The van der Waals surface area contributed by atoms with Crippen molar-refractivity contribution in [3.63, 3.8) is 0 Å². The van der Waals surface area contributed by atoms with Crippen LogP contribution in [0.4, 0.5) is 0 Å². The van der Waals surface area contributed by atoms with E-state index in [-0.39, 0.29) is 38.6 Å². The number of allylic oxidation sites excluding steroid dienone is 18. The summed E-state index contributed by atoms with van der Waals surface area (Å²) >= 11 is 0. The standard InChI is InChI=1S/C65H109NO8/c1-6-8-10-12-14-16-18-20-22-23-24-25-26-27-28-29-30-31-32-33-34-35-36-37-38-39-40-41-42-44-46-48-50-52-54-56-63(68)74-61(60-73-65(64(69)70)71-58-57-66(3,4)5)59-72-62(67)55-53-51-49-47-45-43-21-19-17-15-13-11-9-7-2/h8,10,14,16,19-22,24-25,27-28,30-31,33-34,36-37,61,65H,6-7,9,11-13,15,17-18,23,26,29,32,35,38-60H2,1-5H3/b10-8-,16-14-,21-19-,22-20-,25-24-,28-27-,31-30-,34-33-,37-36-. The molecule has 0 radical (unpaired) electrons. The van der Waals surface area contributed by atoms with Gasteiger partial charge < -0.3 is 33.3 Å². The van der Waals surface area contributed by atoms with E-state index in [0.29, 0.717) is 17.4 Å². The third kappa shape index (κ3) is 55.7. The Morgan fingerprint density at radius 2 is 0.770 bits per heavy atom. The highest BCUT2D eigenvalue weighted by molar-refractivity contribution is 5.70. The lowest BCUT2D eigenvalue weighted by Crippen LogP contribution is -2.44. The number of carbonyl (C=O) groups excluding carboxylic acids is 3. The van der Waals surface area contributed by atoms with Crippen molar-refractivity contribution in [3.05, 3.63) is 109 Å². The fourth-order valence-corrected chi connectivity index (χ4v) is 7.72. The van der Waals surface area contributed by atoms with Gasteiger partial charge in [-0.05, 0) is 103 Å². The van der Waals surface area contributed by atoms with Crippen molar-refractivity contribution < 1.29 is 42.9 Å². The highest BCUT2D eigenvalue weighted by Crippen LogP contribution is 2.15. The Hall–Kier alpha value is -4.05. The number of carboxylic acid groups (broad SMARTS) is 1. The fourth-order valence-electron chi connectivity index (χ4n) is 7.72. The second-order valence-corrected chi connectivity index (χ2v) is 20.5. The molecular weight excluding hydrogens is 923 g/mol. The summed E-state index contributed by atoms with van der Waals surface area (Å²) in [6, 6.07) is 0. The minimum Gasteiger partial charge on any atom is -0.545 e. The first-order valence-corrected chi connectivity index (χ1v) is 29.5. The van der Waals surface area contributed by atoms with Crippen molar-refractivity contribution >= 4 is 17.9 Å². The predicted molar refractivity (Wildman–Crippen MR) is 310 cm³/mol. The maximum atomic E-state index is 12.9. The summed E-state index contributed by atoms with van der Waals surface area (Å²) in [6.45, 7) is 4.60. The number of likely N-dealkylation sites (N-methyl/N-ethyl adjacent to an activating group) is 1. The summed E-state index contributed by atoms with van der Waals surface area (Å²) in [5, 5.41) is 11.8. The molecule has 0 aromatic carbocycles. The SMILES string of the molecule is CC/C=C\C/C=C\C/C=C\C/C=C\C/C=C\C/C=C\C/C=C\C/C=C\CCCCCCCCCCCCC(=O)OC(COC(=O)CCCCCCC/C=C\CCCCCCC)COC(OCC[N+](C)(C)C)C(=O)[O-]. The molecule has 0 rings (SSSR count). The van der Waals surface area contributed by atoms with Gasteiger partial charge in [-0.1, -0.05) is 220 Å². The molecule has 0 spiro atoms. The number of carboxylic acids is 1. The van der Waals surface area contributed by atoms with E-state index >= 15 is 0 Å². The molecule has 0 bridgehead atoms. The summed E-state index contributed by atoms with van der Waals surface area (Å²) in [6.07, 6.45) is 72.8. The van der Waals surface area contributed by atoms with Crippen molar-refractivity contribution in [2.45, 2.75) is 238 Å². The molecule has 0 aliphatic heterocycles. The average Bonchev–Trinajstić information content (AvgIpc) is 3.37. The molecule has 2 unspecified atom stereocenters. The number of carbonyl (C=O) groups is 3. The van der Waals surface area contributed by atoms with E-state index in [2.05, 4.69) is 123 Å². The molecule has 0 aromatic heterocycles. The zero-order chi connectivity index (χ0) is 54.1. The molecule has 0 fully saturated rings. The van der Waals surface area contributed by atoms with Gasteiger partial charge in [0.15, 0.2) is 12.4 Å². The Labute approximate surface area is 454 Å². The summed E-state index contributed by atoms with van der Waals surface area (Å²) in [5.41, 5.74) is 0. The quantitative estimate of drug-likeness (QED) is 0.0195. The Morgan fingerprint density at radius 3 is 1.16 bits per heavy atom. The van der Waals surface area contributed by atoms with Gasteiger partial charge in [-0.2, -0.15) is 0 Å². The van der Waals surface area contributed by atoms with Gasteiger partial charge in [0, 0.05) is 12.8 Å². The molecule has 0 amide bonds. The number of hydrogen-bond donors (Lipinski definition) is 0. The van der Waals surface area contributed by atoms with Crippen LogP contribution < -0.4 is 5.11 Å². The van der Waals surface area contributed by atoms with Gasteiger partial charge in [-0.15, -0.1) is 0 Å². The van der Waals surface area contributed by atoms with E-state index in [9.17, 15) is 19.5 Å². The zero-order valence-corrected chi connectivity index (χ0v) is 47.9. The fraction of sp³-hybridized carbons (Fsp3) is 0.677. The first-order valence-electron chi connectivity index (χ1n) is 29.5. The van der Waals surface area contributed by atoms with E-state index in [0.717, 1.165) is 116 Å². The third-order valence-electron chi connectivity index (χ3n) is 12.3. The number of rotatable bonds is 53. The molecule has 9 heteroatoms. The van der Waals surface area contributed by atoms with Crippen LogP contribution in [0.3, 0.4) is 0 Å². The summed E-state index contributed by atoms with van der Waals surface area (Å²) in [7, 11) is 5.91. The van der Waals surface area contributed by atoms with E-state index in [4.69, 9.17) is 18.9 Å². The molecule has 0 aromatic rings. The molecule has 0 saturated carbocycles. The largest absolute Gasteiger partial charge is 0.545 e.